The summed E-state index contributed by atoms with van der Waals surface area (Å²) in [5, 5.41) is 0. The number of hydrogen-bond donors (Lipinski definition) is 0. The van der Waals surface area contributed by atoms with E-state index in [-0.39, 0.29) is 17.5 Å². The van der Waals surface area contributed by atoms with Crippen LogP contribution in [0.3, 0.4) is 0 Å². The molecule has 0 unspecified atom stereocenters. The molecule has 0 atom stereocenters. The summed E-state index contributed by atoms with van der Waals surface area (Å²) in [5.41, 5.74) is 0.811. The van der Waals surface area contributed by atoms with Gasteiger partial charge in [0.15, 0.2) is 29.0 Å². The molecule has 0 aliphatic heterocycles. The summed E-state index contributed by atoms with van der Waals surface area (Å²) in [4.78, 5) is 12.2. The summed E-state index contributed by atoms with van der Waals surface area (Å²) in [7, 11) is 0. The number of halogens is 6. The molecule has 0 fully saturated rings. The normalized spacial score (nSPS) is 12.4. The van der Waals surface area contributed by atoms with Crippen molar-refractivity contribution in [2.24, 2.45) is 0 Å². The molecular formula is C18H17Cl6N3O2. The maximum Gasteiger partial charge on any atom is 0.250 e. The van der Waals surface area contributed by atoms with Gasteiger partial charge in [-0.15, -0.1) is 0 Å². The van der Waals surface area contributed by atoms with Gasteiger partial charge in [0.05, 0.1) is 13.2 Å². The van der Waals surface area contributed by atoms with E-state index in [1.807, 2.05) is 32.0 Å². The van der Waals surface area contributed by atoms with Gasteiger partial charge in [-0.05, 0) is 37.1 Å². The Kier molecular flexibility index (Phi) is 8.95. The standard InChI is InChI=1S/C18H17Cl6N3O2/c1-3-9-29-13-10-11(5-7-12(13)28-4-2)6-8-14-25-15(17(19,20)21)27-16(26-14)18(22,23)24/h5-8,10H,3-4,9H2,1-2H3. The van der Waals surface area contributed by atoms with Crippen LogP contribution in [0.2, 0.25) is 0 Å². The van der Waals surface area contributed by atoms with Crippen molar-refractivity contribution < 1.29 is 9.47 Å². The molecule has 5 nitrogen and oxygen atoms in total. The van der Waals surface area contributed by atoms with E-state index < -0.39 is 7.59 Å². The Hall–Kier alpha value is -0.690. The quantitative estimate of drug-likeness (QED) is 0.373. The molecular weight excluding hydrogens is 503 g/mol. The number of alkyl halides is 6. The molecule has 2 rings (SSSR count). The fraction of sp³-hybridized carbons (Fsp3) is 0.389. The Balaban J connectivity index is 2.39. The number of nitrogens with zero attached hydrogens (tertiary/aromatic N) is 3. The predicted octanol–water partition coefficient (Wildman–Crippen LogP) is 6.88. The first-order chi connectivity index (χ1) is 13.5. The fourth-order valence-corrected chi connectivity index (χ4v) is 2.63. The lowest BCUT2D eigenvalue weighted by molar-refractivity contribution is 0.277. The van der Waals surface area contributed by atoms with Gasteiger partial charge in [0.25, 0.3) is 0 Å². The van der Waals surface area contributed by atoms with E-state index in [0.717, 1.165) is 12.0 Å². The van der Waals surface area contributed by atoms with Crippen molar-refractivity contribution in [2.75, 3.05) is 13.2 Å². The second-order valence-corrected chi connectivity index (χ2v) is 10.2. The van der Waals surface area contributed by atoms with E-state index in [2.05, 4.69) is 15.0 Å². The van der Waals surface area contributed by atoms with Crippen LogP contribution < -0.4 is 9.47 Å². The lowest BCUT2D eigenvalue weighted by Gasteiger charge is -2.14. The van der Waals surface area contributed by atoms with Crippen LogP contribution in [0.1, 0.15) is 43.3 Å². The van der Waals surface area contributed by atoms with Crippen molar-refractivity contribution >= 4 is 81.8 Å². The molecule has 11 heteroatoms. The summed E-state index contributed by atoms with van der Waals surface area (Å²) >= 11 is 35.3. The SMILES string of the molecule is CCCOc1cc(C=Cc2nc(C(Cl)(Cl)Cl)nc(C(Cl)(Cl)Cl)n2)ccc1OCC. The highest BCUT2D eigenvalue weighted by molar-refractivity contribution is 6.67. The van der Waals surface area contributed by atoms with Crippen LogP contribution in [0.4, 0.5) is 0 Å². The molecule has 29 heavy (non-hydrogen) atoms. The molecule has 0 saturated carbocycles. The monoisotopic (exact) mass is 517 g/mol. The third kappa shape index (κ3) is 7.50. The second kappa shape index (κ2) is 10.6. The maximum absolute atomic E-state index is 5.88. The Morgan fingerprint density at radius 1 is 0.828 bits per heavy atom. The van der Waals surface area contributed by atoms with Crippen molar-refractivity contribution in [2.45, 2.75) is 27.9 Å². The van der Waals surface area contributed by atoms with Gasteiger partial charge >= 0.3 is 0 Å². The summed E-state index contributed by atoms with van der Waals surface area (Å²) in [6.45, 7) is 5.03. The molecule has 0 aliphatic carbocycles. The Morgan fingerprint density at radius 3 is 1.97 bits per heavy atom. The minimum Gasteiger partial charge on any atom is -0.490 e. The summed E-state index contributed by atoms with van der Waals surface area (Å²) in [5.74, 6) is 1.15. The average molecular weight is 520 g/mol. The molecule has 0 N–H and O–H groups in total. The topological polar surface area (TPSA) is 57.1 Å². The summed E-state index contributed by atoms with van der Waals surface area (Å²) < 4.78 is 7.53. The molecule has 1 aromatic heterocycles. The summed E-state index contributed by atoms with van der Waals surface area (Å²) in [6.07, 6.45) is 4.20. The third-order valence-corrected chi connectivity index (χ3v) is 4.33. The molecule has 1 aromatic carbocycles. The van der Waals surface area contributed by atoms with E-state index in [1.54, 1.807) is 12.2 Å². The zero-order valence-corrected chi connectivity index (χ0v) is 20.0. The van der Waals surface area contributed by atoms with Crippen LogP contribution in [-0.2, 0) is 7.59 Å². The Labute approximate surface area is 199 Å². The lowest BCUT2D eigenvalue weighted by atomic mass is 10.2. The third-order valence-electron chi connectivity index (χ3n) is 3.31. The van der Waals surface area contributed by atoms with Gasteiger partial charge in [-0.2, -0.15) is 0 Å². The summed E-state index contributed by atoms with van der Waals surface area (Å²) in [6, 6.07) is 5.51. The molecule has 1 heterocycles. The van der Waals surface area contributed by atoms with E-state index in [9.17, 15) is 0 Å². The van der Waals surface area contributed by atoms with Gasteiger partial charge in [0.2, 0.25) is 7.59 Å². The number of ether oxygens (including phenoxy) is 2. The van der Waals surface area contributed by atoms with Crippen molar-refractivity contribution in [3.63, 3.8) is 0 Å². The molecule has 0 amide bonds. The molecule has 0 aliphatic rings. The van der Waals surface area contributed by atoms with Crippen LogP contribution >= 0.6 is 69.6 Å². The Morgan fingerprint density at radius 2 is 1.45 bits per heavy atom. The highest BCUT2D eigenvalue weighted by Gasteiger charge is 2.33. The minimum absolute atomic E-state index is 0.155. The van der Waals surface area contributed by atoms with Crippen LogP contribution in [0, 0.1) is 0 Å². The highest BCUT2D eigenvalue weighted by atomic mass is 35.6. The highest BCUT2D eigenvalue weighted by Crippen LogP contribution is 2.40. The van der Waals surface area contributed by atoms with Crippen LogP contribution in [0.25, 0.3) is 12.2 Å². The van der Waals surface area contributed by atoms with Crippen LogP contribution in [-0.4, -0.2) is 28.2 Å². The van der Waals surface area contributed by atoms with Gasteiger partial charge in [-0.25, -0.2) is 15.0 Å². The first-order valence-corrected chi connectivity index (χ1v) is 10.8. The van der Waals surface area contributed by atoms with Crippen molar-refractivity contribution in [3.05, 3.63) is 41.2 Å². The van der Waals surface area contributed by atoms with Gasteiger partial charge in [-0.1, -0.05) is 88.7 Å². The number of benzene rings is 1. The van der Waals surface area contributed by atoms with Gasteiger partial charge < -0.3 is 9.47 Å². The first-order valence-electron chi connectivity index (χ1n) is 8.52. The van der Waals surface area contributed by atoms with Crippen molar-refractivity contribution in [1.82, 2.24) is 15.0 Å². The molecule has 0 radical (unpaired) electrons. The zero-order valence-electron chi connectivity index (χ0n) is 15.4. The van der Waals surface area contributed by atoms with Gasteiger partial charge in [0, 0.05) is 0 Å². The van der Waals surface area contributed by atoms with E-state index in [4.69, 9.17) is 79.1 Å². The first kappa shape index (κ1) is 24.6. The average Bonchev–Trinajstić information content (AvgIpc) is 2.64. The molecule has 0 bridgehead atoms. The van der Waals surface area contributed by atoms with E-state index in [1.165, 1.54) is 0 Å². The minimum atomic E-state index is -1.91. The van der Waals surface area contributed by atoms with Crippen LogP contribution in [0.15, 0.2) is 18.2 Å². The van der Waals surface area contributed by atoms with E-state index in [0.29, 0.717) is 24.7 Å². The lowest BCUT2D eigenvalue weighted by Crippen LogP contribution is -2.16. The van der Waals surface area contributed by atoms with E-state index >= 15 is 0 Å². The molecule has 0 saturated heterocycles. The maximum atomic E-state index is 5.88. The largest absolute Gasteiger partial charge is 0.490 e. The Bertz CT molecular complexity index is 833. The molecule has 2 aromatic rings. The smallest absolute Gasteiger partial charge is 0.250 e. The van der Waals surface area contributed by atoms with Crippen LogP contribution in [0.5, 0.6) is 11.5 Å². The fourth-order valence-electron chi connectivity index (χ4n) is 2.12. The second-order valence-electron chi connectivity index (χ2n) is 5.66. The number of hydrogen-bond acceptors (Lipinski definition) is 5. The molecule has 158 valence electrons. The molecule has 0 spiro atoms. The van der Waals surface area contributed by atoms with Gasteiger partial charge in [0.1, 0.15) is 0 Å². The van der Waals surface area contributed by atoms with Gasteiger partial charge in [-0.3, -0.25) is 0 Å². The number of rotatable bonds is 7. The van der Waals surface area contributed by atoms with Crippen molar-refractivity contribution in [1.29, 1.82) is 0 Å². The van der Waals surface area contributed by atoms with Crippen molar-refractivity contribution in [3.8, 4) is 11.5 Å². The number of aromatic nitrogens is 3. The zero-order chi connectivity index (χ0) is 21.7. The predicted molar refractivity (Wildman–Crippen MR) is 121 cm³/mol.